The van der Waals surface area contributed by atoms with Crippen LogP contribution in [-0.2, 0) is 8.85 Å². The molecule has 0 heterocycles. The quantitative estimate of drug-likeness (QED) is 0.655. The van der Waals surface area contributed by atoms with E-state index in [1.807, 2.05) is 7.11 Å². The molecule has 14 heavy (non-hydrogen) atoms. The summed E-state index contributed by atoms with van der Waals surface area (Å²) in [6.45, 7) is 3.21. The van der Waals surface area contributed by atoms with Crippen molar-refractivity contribution in [1.29, 1.82) is 0 Å². The van der Waals surface area contributed by atoms with Gasteiger partial charge in [-0.1, -0.05) is 12.8 Å². The van der Waals surface area contributed by atoms with E-state index >= 15 is 0 Å². The monoisotopic (exact) mass is 214 g/mol. The second-order valence-corrected chi connectivity index (χ2v) is 8.50. The summed E-state index contributed by atoms with van der Waals surface area (Å²) in [7, 11) is 0.0535. The fourth-order valence-corrected chi connectivity index (χ4v) is 4.93. The van der Waals surface area contributed by atoms with Crippen molar-refractivity contribution in [3.8, 4) is 0 Å². The van der Waals surface area contributed by atoms with Crippen LogP contribution in [0.15, 0.2) is 0 Å². The molecule has 0 aromatic carbocycles. The first kappa shape index (κ1) is 10.6. The van der Waals surface area contributed by atoms with Crippen LogP contribution in [0.3, 0.4) is 0 Å². The maximum Gasteiger partial charge on any atom is 0.337 e. The maximum atomic E-state index is 6.10. The van der Waals surface area contributed by atoms with Crippen molar-refractivity contribution in [3.05, 3.63) is 0 Å². The van der Waals surface area contributed by atoms with Gasteiger partial charge >= 0.3 is 8.56 Å². The van der Waals surface area contributed by atoms with Gasteiger partial charge in [-0.25, -0.2) is 0 Å². The van der Waals surface area contributed by atoms with Crippen molar-refractivity contribution in [3.63, 3.8) is 0 Å². The van der Waals surface area contributed by atoms with Gasteiger partial charge in [-0.05, 0) is 38.1 Å². The molecule has 3 heteroatoms. The van der Waals surface area contributed by atoms with Gasteiger partial charge < -0.3 is 8.85 Å². The third kappa shape index (κ3) is 2.04. The second kappa shape index (κ2) is 4.33. The lowest BCUT2D eigenvalue weighted by Crippen LogP contribution is -2.46. The summed E-state index contributed by atoms with van der Waals surface area (Å²) in [4.78, 5) is 0. The highest BCUT2D eigenvalue weighted by molar-refractivity contribution is 6.67. The van der Waals surface area contributed by atoms with Gasteiger partial charge in [0.15, 0.2) is 0 Å². The molecular weight excluding hydrogens is 192 g/mol. The number of hydrogen-bond acceptors (Lipinski definition) is 2. The Hall–Kier alpha value is 0.137. The van der Waals surface area contributed by atoms with Gasteiger partial charge in [-0.2, -0.15) is 0 Å². The normalized spacial score (nSPS) is 27.9. The number of hydrogen-bond donors (Lipinski definition) is 0. The van der Waals surface area contributed by atoms with Gasteiger partial charge in [-0.15, -0.1) is 0 Å². The summed E-state index contributed by atoms with van der Waals surface area (Å²) in [6.07, 6.45) is 8.20. The Kier molecular flexibility index (Phi) is 3.29. The van der Waals surface area contributed by atoms with Crippen LogP contribution in [0.25, 0.3) is 0 Å². The SMILES string of the molecule is CO[Si](C)(OCC1CCC1)C1CCC1. The molecule has 0 saturated heterocycles. The lowest BCUT2D eigenvalue weighted by Gasteiger charge is -2.40. The lowest BCUT2D eigenvalue weighted by atomic mass is 9.86. The molecule has 0 aromatic rings. The standard InChI is InChI=1S/C11H22O2Si/c1-12-14(2,11-7-4-8-11)13-9-10-5-3-6-10/h10-11H,3-9H2,1-2H3. The Balaban J connectivity index is 1.77. The van der Waals surface area contributed by atoms with E-state index in [0.29, 0.717) is 0 Å². The topological polar surface area (TPSA) is 18.5 Å². The largest absolute Gasteiger partial charge is 0.398 e. The minimum Gasteiger partial charge on any atom is -0.398 e. The van der Waals surface area contributed by atoms with Crippen molar-refractivity contribution in [2.45, 2.75) is 50.6 Å². The molecule has 2 aliphatic rings. The molecule has 0 radical (unpaired) electrons. The summed E-state index contributed by atoms with van der Waals surface area (Å²) >= 11 is 0. The highest BCUT2D eigenvalue weighted by Crippen LogP contribution is 2.42. The van der Waals surface area contributed by atoms with E-state index in [1.165, 1.54) is 38.5 Å². The van der Waals surface area contributed by atoms with E-state index < -0.39 is 8.56 Å². The molecule has 2 aliphatic carbocycles. The van der Waals surface area contributed by atoms with Crippen molar-refractivity contribution >= 4 is 8.56 Å². The van der Waals surface area contributed by atoms with E-state index in [2.05, 4.69) is 6.55 Å². The van der Waals surface area contributed by atoms with Crippen molar-refractivity contribution in [2.75, 3.05) is 13.7 Å². The first-order chi connectivity index (χ1) is 6.74. The zero-order valence-electron chi connectivity index (χ0n) is 9.42. The smallest absolute Gasteiger partial charge is 0.337 e. The van der Waals surface area contributed by atoms with E-state index in [4.69, 9.17) is 8.85 Å². The molecule has 0 aliphatic heterocycles. The average molecular weight is 214 g/mol. The molecule has 2 nitrogen and oxygen atoms in total. The Morgan fingerprint density at radius 3 is 2.14 bits per heavy atom. The van der Waals surface area contributed by atoms with Gasteiger partial charge in [0.25, 0.3) is 0 Å². The van der Waals surface area contributed by atoms with Crippen molar-refractivity contribution in [1.82, 2.24) is 0 Å². The van der Waals surface area contributed by atoms with Crippen molar-refractivity contribution in [2.24, 2.45) is 5.92 Å². The second-order valence-electron chi connectivity index (χ2n) is 4.96. The zero-order valence-corrected chi connectivity index (χ0v) is 10.4. The minimum absolute atomic E-state index is 0.771. The Morgan fingerprint density at radius 2 is 1.79 bits per heavy atom. The molecule has 0 amide bonds. The predicted molar refractivity (Wildman–Crippen MR) is 59.5 cm³/mol. The zero-order chi connectivity index (χ0) is 10.0. The van der Waals surface area contributed by atoms with E-state index in [0.717, 1.165) is 18.1 Å². The van der Waals surface area contributed by atoms with E-state index in [1.54, 1.807) is 0 Å². The predicted octanol–water partition coefficient (Wildman–Crippen LogP) is 3.08. The summed E-state index contributed by atoms with van der Waals surface area (Å²) < 4.78 is 11.8. The highest BCUT2D eigenvalue weighted by Gasteiger charge is 2.44. The van der Waals surface area contributed by atoms with Crippen LogP contribution < -0.4 is 0 Å². The molecule has 0 bridgehead atoms. The maximum absolute atomic E-state index is 6.10. The fourth-order valence-electron chi connectivity index (χ4n) is 2.22. The minimum atomic E-state index is -1.79. The fraction of sp³-hybridized carbons (Fsp3) is 1.00. The summed E-state index contributed by atoms with van der Waals surface area (Å²) in [5.41, 5.74) is 0.771. The highest BCUT2D eigenvalue weighted by atomic mass is 28.4. The van der Waals surface area contributed by atoms with Gasteiger partial charge in [0.2, 0.25) is 0 Å². The first-order valence-corrected chi connectivity index (χ1v) is 8.33. The molecule has 2 rings (SSSR count). The van der Waals surface area contributed by atoms with Crippen LogP contribution in [0.2, 0.25) is 12.1 Å². The molecule has 0 aromatic heterocycles. The van der Waals surface area contributed by atoms with Gasteiger partial charge in [0, 0.05) is 19.3 Å². The number of rotatable bonds is 5. The van der Waals surface area contributed by atoms with Crippen LogP contribution in [0.5, 0.6) is 0 Å². The van der Waals surface area contributed by atoms with Gasteiger partial charge in [0.05, 0.1) is 0 Å². The molecule has 1 unspecified atom stereocenters. The van der Waals surface area contributed by atoms with Crippen molar-refractivity contribution < 1.29 is 8.85 Å². The Bertz CT molecular complexity index is 190. The van der Waals surface area contributed by atoms with Crippen LogP contribution in [0.4, 0.5) is 0 Å². The third-order valence-corrected chi connectivity index (χ3v) is 7.69. The van der Waals surface area contributed by atoms with Gasteiger partial charge in [-0.3, -0.25) is 0 Å². The summed E-state index contributed by atoms with van der Waals surface area (Å²) in [5, 5.41) is 0. The molecule has 2 fully saturated rings. The van der Waals surface area contributed by atoms with Crippen LogP contribution in [0, 0.1) is 5.92 Å². The molecule has 0 N–H and O–H groups in total. The van der Waals surface area contributed by atoms with E-state index in [9.17, 15) is 0 Å². The molecular formula is C11H22O2Si. The Labute approximate surface area is 88.2 Å². The molecule has 2 saturated carbocycles. The lowest BCUT2D eigenvalue weighted by molar-refractivity contribution is 0.120. The molecule has 1 atom stereocenters. The van der Waals surface area contributed by atoms with Crippen LogP contribution in [0.1, 0.15) is 38.5 Å². The first-order valence-electron chi connectivity index (χ1n) is 5.94. The third-order valence-electron chi connectivity index (χ3n) is 4.08. The van der Waals surface area contributed by atoms with Gasteiger partial charge in [0.1, 0.15) is 0 Å². The van der Waals surface area contributed by atoms with Crippen LogP contribution >= 0.6 is 0 Å². The van der Waals surface area contributed by atoms with Crippen LogP contribution in [-0.4, -0.2) is 22.3 Å². The summed E-state index contributed by atoms with van der Waals surface area (Å²) in [6, 6.07) is 0. The average Bonchev–Trinajstić information content (AvgIpc) is 1.98. The molecule has 82 valence electrons. The van der Waals surface area contributed by atoms with E-state index in [-0.39, 0.29) is 0 Å². The molecule has 0 spiro atoms. The summed E-state index contributed by atoms with van der Waals surface area (Å²) in [5.74, 6) is 0.844. The Morgan fingerprint density at radius 1 is 1.14 bits per heavy atom.